The zero-order valence-corrected chi connectivity index (χ0v) is 23.6. The normalized spacial score (nSPS) is 13.2. The van der Waals surface area contributed by atoms with Crippen molar-refractivity contribution >= 4 is 50.9 Å². The number of nitrogens with zero attached hydrogens (tertiary/aromatic N) is 3. The van der Waals surface area contributed by atoms with E-state index in [4.69, 9.17) is 23.2 Å². The van der Waals surface area contributed by atoms with Crippen LogP contribution in [0.15, 0.2) is 48.5 Å². The van der Waals surface area contributed by atoms with Gasteiger partial charge in [0.2, 0.25) is 11.8 Å². The van der Waals surface area contributed by atoms with Crippen molar-refractivity contribution in [3.05, 3.63) is 64.1 Å². The molecule has 2 unspecified atom stereocenters. The average Bonchev–Trinajstić information content (AvgIpc) is 2.83. The Kier molecular flexibility index (Phi) is 11.0. The van der Waals surface area contributed by atoms with Crippen LogP contribution in [0.2, 0.25) is 10.0 Å². The van der Waals surface area contributed by atoms with Crippen LogP contribution >= 0.6 is 23.2 Å². The molecule has 36 heavy (non-hydrogen) atoms. The van der Waals surface area contributed by atoms with Crippen molar-refractivity contribution in [3.63, 3.8) is 0 Å². The number of rotatable bonds is 12. The van der Waals surface area contributed by atoms with E-state index in [1.165, 1.54) is 19.0 Å². The van der Waals surface area contributed by atoms with Crippen molar-refractivity contribution in [2.75, 3.05) is 24.9 Å². The Morgan fingerprint density at radius 1 is 1.00 bits per heavy atom. The van der Waals surface area contributed by atoms with Gasteiger partial charge in [0, 0.05) is 36.7 Å². The zero-order valence-electron chi connectivity index (χ0n) is 21.2. The molecule has 0 fully saturated rings. The van der Waals surface area contributed by atoms with E-state index in [9.17, 15) is 18.0 Å². The number of carbonyl (C=O) groups is 2. The summed E-state index contributed by atoms with van der Waals surface area (Å²) >= 11 is 12.4. The molecule has 0 aromatic heterocycles. The van der Waals surface area contributed by atoms with Crippen LogP contribution in [0.4, 0.5) is 5.69 Å². The summed E-state index contributed by atoms with van der Waals surface area (Å²) in [4.78, 5) is 28.4. The first-order chi connectivity index (χ1) is 16.9. The molecule has 8 nitrogen and oxygen atoms in total. The number of amides is 2. The van der Waals surface area contributed by atoms with E-state index < -0.39 is 28.7 Å². The van der Waals surface area contributed by atoms with Gasteiger partial charge in [-0.3, -0.25) is 9.59 Å². The standard InChI is InChI=1S/C25H34Cl2N4O4S/c1-6-18(3)28-25(33)23(7-2)30(16-19-13-14-20(26)15-22(19)27)24(32)17-31(36(34,35)29(4)5)21-11-9-8-10-12-21/h8-15,18,23H,6-7,16-17H2,1-5H3,(H,28,33). The summed E-state index contributed by atoms with van der Waals surface area (Å²) in [6, 6.07) is 12.4. The molecular formula is C25H34Cl2N4O4S. The number of nitrogens with one attached hydrogen (secondary N) is 1. The minimum absolute atomic E-state index is 0.00586. The molecule has 0 saturated carbocycles. The molecule has 2 rings (SSSR count). The number of para-hydroxylation sites is 1. The van der Waals surface area contributed by atoms with Crippen molar-refractivity contribution in [1.82, 2.24) is 14.5 Å². The Hall–Kier alpha value is -2.33. The van der Waals surface area contributed by atoms with E-state index in [1.54, 1.807) is 55.5 Å². The third-order valence-corrected chi connectivity index (χ3v) is 8.21. The van der Waals surface area contributed by atoms with Crippen molar-refractivity contribution in [2.24, 2.45) is 0 Å². The van der Waals surface area contributed by atoms with Gasteiger partial charge in [-0.2, -0.15) is 12.7 Å². The van der Waals surface area contributed by atoms with Crippen molar-refractivity contribution in [3.8, 4) is 0 Å². The van der Waals surface area contributed by atoms with Gasteiger partial charge in [0.15, 0.2) is 0 Å². The van der Waals surface area contributed by atoms with E-state index >= 15 is 0 Å². The lowest BCUT2D eigenvalue weighted by Gasteiger charge is -2.34. The maximum absolute atomic E-state index is 13.8. The summed E-state index contributed by atoms with van der Waals surface area (Å²) in [5.41, 5.74) is 0.923. The van der Waals surface area contributed by atoms with E-state index in [0.29, 0.717) is 27.7 Å². The van der Waals surface area contributed by atoms with Gasteiger partial charge in [-0.15, -0.1) is 0 Å². The second-order valence-electron chi connectivity index (χ2n) is 8.63. The van der Waals surface area contributed by atoms with Crippen LogP contribution in [-0.2, 0) is 26.3 Å². The van der Waals surface area contributed by atoms with Crippen molar-refractivity contribution < 1.29 is 18.0 Å². The largest absolute Gasteiger partial charge is 0.352 e. The minimum atomic E-state index is -4.01. The van der Waals surface area contributed by atoms with Gasteiger partial charge in [-0.05, 0) is 49.6 Å². The highest BCUT2D eigenvalue weighted by Crippen LogP contribution is 2.25. The first kappa shape index (κ1) is 29.9. The fourth-order valence-corrected chi connectivity index (χ4v) is 5.03. The Balaban J connectivity index is 2.51. The number of hydrogen-bond acceptors (Lipinski definition) is 4. The molecule has 0 aliphatic carbocycles. The lowest BCUT2D eigenvalue weighted by atomic mass is 10.1. The van der Waals surface area contributed by atoms with Crippen LogP contribution in [0.25, 0.3) is 0 Å². The Labute approximate surface area is 224 Å². The molecule has 0 heterocycles. The second kappa shape index (κ2) is 13.3. The molecule has 198 valence electrons. The summed E-state index contributed by atoms with van der Waals surface area (Å²) in [6.07, 6.45) is 1.05. The predicted molar refractivity (Wildman–Crippen MR) is 145 cm³/mol. The molecule has 0 bridgehead atoms. The summed E-state index contributed by atoms with van der Waals surface area (Å²) in [5.74, 6) is -0.853. The van der Waals surface area contributed by atoms with Gasteiger partial charge < -0.3 is 10.2 Å². The summed E-state index contributed by atoms with van der Waals surface area (Å²) < 4.78 is 28.4. The third-order valence-electron chi connectivity index (χ3n) is 5.81. The smallest absolute Gasteiger partial charge is 0.304 e. The van der Waals surface area contributed by atoms with Crippen molar-refractivity contribution in [2.45, 2.75) is 52.2 Å². The highest BCUT2D eigenvalue weighted by molar-refractivity contribution is 7.90. The number of hydrogen-bond donors (Lipinski definition) is 1. The maximum atomic E-state index is 13.8. The Morgan fingerprint density at radius 3 is 2.17 bits per heavy atom. The van der Waals surface area contributed by atoms with Crippen LogP contribution in [0.5, 0.6) is 0 Å². The second-order valence-corrected chi connectivity index (χ2v) is 11.5. The molecule has 2 amide bonds. The van der Waals surface area contributed by atoms with Gasteiger partial charge in [0.1, 0.15) is 12.6 Å². The monoisotopic (exact) mass is 556 g/mol. The Morgan fingerprint density at radius 2 is 1.64 bits per heavy atom. The molecule has 0 aliphatic heterocycles. The SMILES string of the molecule is CCC(C)NC(=O)C(CC)N(Cc1ccc(Cl)cc1Cl)C(=O)CN(c1ccccc1)S(=O)(=O)N(C)C. The number of halogens is 2. The van der Waals surface area contributed by atoms with Gasteiger partial charge in [-0.1, -0.05) is 61.3 Å². The molecule has 2 aromatic rings. The summed E-state index contributed by atoms with van der Waals surface area (Å²) in [5, 5.41) is 3.72. The van der Waals surface area contributed by atoms with E-state index in [-0.39, 0.29) is 18.5 Å². The van der Waals surface area contributed by atoms with Gasteiger partial charge in [-0.25, -0.2) is 4.31 Å². The van der Waals surface area contributed by atoms with Gasteiger partial charge >= 0.3 is 10.2 Å². The zero-order chi connectivity index (χ0) is 27.0. The highest BCUT2D eigenvalue weighted by atomic mass is 35.5. The third kappa shape index (κ3) is 7.59. The van der Waals surface area contributed by atoms with Crippen molar-refractivity contribution in [1.29, 1.82) is 0 Å². The molecular weight excluding hydrogens is 523 g/mol. The van der Waals surface area contributed by atoms with E-state index in [0.717, 1.165) is 15.0 Å². The number of benzene rings is 2. The average molecular weight is 558 g/mol. The van der Waals surface area contributed by atoms with Gasteiger partial charge in [0.05, 0.1) is 5.69 Å². The molecule has 0 spiro atoms. The topological polar surface area (TPSA) is 90.0 Å². The molecule has 0 aliphatic rings. The first-order valence-electron chi connectivity index (χ1n) is 11.7. The highest BCUT2D eigenvalue weighted by Gasteiger charge is 2.34. The quantitative estimate of drug-likeness (QED) is 0.421. The fourth-order valence-electron chi connectivity index (χ4n) is 3.51. The van der Waals surface area contributed by atoms with Crippen LogP contribution in [0.3, 0.4) is 0 Å². The lowest BCUT2D eigenvalue weighted by molar-refractivity contribution is -0.140. The molecule has 1 N–H and O–H groups in total. The van der Waals surface area contributed by atoms with Crippen LogP contribution in [0, 0.1) is 0 Å². The van der Waals surface area contributed by atoms with Crippen LogP contribution < -0.4 is 9.62 Å². The van der Waals surface area contributed by atoms with E-state index in [2.05, 4.69) is 5.32 Å². The molecule has 11 heteroatoms. The van der Waals surface area contributed by atoms with E-state index in [1.807, 2.05) is 13.8 Å². The molecule has 0 saturated heterocycles. The first-order valence-corrected chi connectivity index (χ1v) is 13.9. The fraction of sp³-hybridized carbons (Fsp3) is 0.440. The number of anilines is 1. The summed E-state index contributed by atoms with van der Waals surface area (Å²) in [6.45, 7) is 5.14. The van der Waals surface area contributed by atoms with Gasteiger partial charge in [0.25, 0.3) is 0 Å². The summed E-state index contributed by atoms with van der Waals surface area (Å²) in [7, 11) is -1.21. The minimum Gasteiger partial charge on any atom is -0.352 e. The van der Waals surface area contributed by atoms with Crippen LogP contribution in [0.1, 0.15) is 39.2 Å². The molecule has 0 radical (unpaired) electrons. The van der Waals surface area contributed by atoms with Crippen LogP contribution in [-0.4, -0.2) is 62.2 Å². The number of carbonyl (C=O) groups excluding carboxylic acids is 2. The lowest BCUT2D eigenvalue weighted by Crippen LogP contribution is -2.54. The predicted octanol–water partition coefficient (Wildman–Crippen LogP) is 4.33. The maximum Gasteiger partial charge on any atom is 0.304 e. The Bertz CT molecular complexity index is 1150. The molecule has 2 aromatic carbocycles. The molecule has 2 atom stereocenters.